The van der Waals surface area contributed by atoms with E-state index in [0.29, 0.717) is 0 Å². The number of hydrogen-bond acceptors (Lipinski definition) is 8. The first-order valence-electron chi connectivity index (χ1n) is 25.0. The van der Waals surface area contributed by atoms with Gasteiger partial charge in [-0.2, -0.15) is 0 Å². The predicted molar refractivity (Wildman–Crippen MR) is 315 cm³/mol. The molecule has 14 aromatic rings. The highest BCUT2D eigenvalue weighted by Gasteiger charge is 2.46. The van der Waals surface area contributed by atoms with Gasteiger partial charge in [0.1, 0.15) is 28.8 Å². The molecule has 0 atom stereocenters. The number of ether oxygens (including phenoxy) is 2. The Morgan fingerprint density at radius 1 is 0.324 bits per heavy atom. The van der Waals surface area contributed by atoms with Crippen LogP contribution in [0.2, 0.25) is 0 Å². The number of thiophene rings is 3. The second-order valence-corrected chi connectivity index (χ2v) is 23.1. The maximum atomic E-state index is 7.22. The van der Waals surface area contributed by atoms with Crippen LogP contribution in [0.1, 0.15) is 0 Å². The third kappa shape index (κ3) is 5.38. The number of para-hydroxylation sites is 1. The van der Waals surface area contributed by atoms with E-state index >= 15 is 0 Å². The van der Waals surface area contributed by atoms with E-state index in [0.717, 1.165) is 79.3 Å². The van der Waals surface area contributed by atoms with E-state index in [4.69, 9.17) is 13.9 Å². The lowest BCUT2D eigenvalue weighted by Gasteiger charge is -2.40. The highest BCUT2D eigenvalue weighted by atomic mass is 32.1. The van der Waals surface area contributed by atoms with Gasteiger partial charge in [0.05, 0.1) is 11.3 Å². The van der Waals surface area contributed by atoms with E-state index in [2.05, 4.69) is 216 Å². The fourth-order valence-electron chi connectivity index (χ4n) is 12.8. The third-order valence-electron chi connectivity index (χ3n) is 16.0. The number of furan rings is 1. The van der Waals surface area contributed by atoms with Gasteiger partial charge in [0.2, 0.25) is 0 Å². The van der Waals surface area contributed by atoms with Crippen LogP contribution < -0.4 is 52.2 Å². The second-order valence-electron chi connectivity index (χ2n) is 19.8. The third-order valence-corrected chi connectivity index (χ3v) is 19.4. The van der Waals surface area contributed by atoms with Gasteiger partial charge in [-0.05, 0) is 101 Å². The summed E-state index contributed by atoms with van der Waals surface area (Å²) >= 11 is 5.49. The number of fused-ring (bicyclic) bond motifs is 17. The zero-order valence-electron chi connectivity index (χ0n) is 39.1. The van der Waals surface area contributed by atoms with Crippen molar-refractivity contribution >= 4 is 175 Å². The highest BCUT2D eigenvalue weighted by molar-refractivity contribution is 7.26. The molecule has 0 saturated heterocycles. The van der Waals surface area contributed by atoms with E-state index < -0.39 is 0 Å². The van der Waals surface area contributed by atoms with Gasteiger partial charge in [-0.1, -0.05) is 121 Å². The molecule has 0 amide bonds. The van der Waals surface area contributed by atoms with Crippen molar-refractivity contribution in [3.8, 4) is 34.3 Å². The van der Waals surface area contributed by atoms with Crippen molar-refractivity contribution in [2.45, 2.75) is 0 Å². The molecule has 4 aromatic heterocycles. The van der Waals surface area contributed by atoms with Gasteiger partial charge < -0.3 is 23.7 Å². The second kappa shape index (κ2) is 14.6. The van der Waals surface area contributed by atoms with Gasteiger partial charge in [0.15, 0.2) is 0 Å². The normalized spacial score (nSPS) is 13.8. The first-order chi connectivity index (χ1) is 36.6. The van der Waals surface area contributed by atoms with Crippen LogP contribution in [0.5, 0.6) is 23.0 Å². The van der Waals surface area contributed by atoms with Crippen molar-refractivity contribution in [2.24, 2.45) is 0 Å². The molecule has 342 valence electrons. The van der Waals surface area contributed by atoms with E-state index in [-0.39, 0.29) is 13.4 Å². The zero-order chi connectivity index (χ0) is 47.9. The average Bonchev–Trinajstić information content (AvgIpc) is 4.29. The van der Waals surface area contributed by atoms with Crippen LogP contribution in [0.4, 0.5) is 34.1 Å². The summed E-state index contributed by atoms with van der Waals surface area (Å²) in [5.74, 6) is 4.35. The molecule has 10 aromatic carbocycles. The number of hydrogen-bond donors (Lipinski definition) is 0. The van der Waals surface area contributed by atoms with Crippen LogP contribution in [0.15, 0.2) is 211 Å². The van der Waals surface area contributed by atoms with Crippen LogP contribution in [0, 0.1) is 0 Å². The van der Waals surface area contributed by atoms with E-state index in [1.54, 1.807) is 11.3 Å². The fraction of sp³-hybridized carbons (Fsp3) is 0. The smallest absolute Gasteiger partial charge is 0.301 e. The van der Waals surface area contributed by atoms with Crippen molar-refractivity contribution in [3.63, 3.8) is 0 Å². The first-order valence-corrected chi connectivity index (χ1v) is 27.5. The average molecular weight is 997 g/mol. The summed E-state index contributed by atoms with van der Waals surface area (Å²) in [7, 11) is 0. The lowest BCUT2D eigenvalue weighted by Crippen LogP contribution is -2.59. The molecule has 0 bridgehead atoms. The summed E-state index contributed by atoms with van der Waals surface area (Å²) in [6.07, 6.45) is 0. The molecule has 4 aliphatic rings. The SMILES string of the molecule is c1ccc(-c2cc3c(o2)B2c4cc5c(cc4Oc4cccc(c42)N3c2ccc3c(c2)sc2ccccc23)sc2cc3c(cc25)B2c4ccccc4N(c4ccc5c(c4)sc4ccccc45)c4cccc(c42)O3)cc1. The zero-order valence-corrected chi connectivity index (χ0v) is 41.6. The molecule has 5 nitrogen and oxygen atoms in total. The summed E-state index contributed by atoms with van der Waals surface area (Å²) in [6, 6.07) is 75.4. The van der Waals surface area contributed by atoms with E-state index in [1.165, 1.54) is 82.6 Å². The van der Waals surface area contributed by atoms with Crippen molar-refractivity contribution < 1.29 is 13.9 Å². The van der Waals surface area contributed by atoms with Gasteiger partial charge in [0.25, 0.3) is 6.71 Å². The largest absolute Gasteiger partial charge is 0.468 e. The molecule has 0 spiro atoms. The summed E-state index contributed by atoms with van der Waals surface area (Å²) < 4.78 is 28.8. The molecule has 0 fully saturated rings. The Morgan fingerprint density at radius 2 is 0.824 bits per heavy atom. The summed E-state index contributed by atoms with van der Waals surface area (Å²) in [5, 5.41) is 7.57. The van der Waals surface area contributed by atoms with Crippen LogP contribution >= 0.6 is 34.0 Å². The monoisotopic (exact) mass is 996 g/mol. The maximum Gasteiger partial charge on any atom is 0.301 e. The molecule has 10 heteroatoms. The Morgan fingerprint density at radius 3 is 1.47 bits per heavy atom. The van der Waals surface area contributed by atoms with Gasteiger partial charge >= 0.3 is 6.71 Å². The highest BCUT2D eigenvalue weighted by Crippen LogP contribution is 2.48. The molecule has 0 unspecified atom stereocenters. The predicted octanol–water partition coefficient (Wildman–Crippen LogP) is 14.9. The molecular formula is C64H34B2N2O3S3. The van der Waals surface area contributed by atoms with E-state index in [1.807, 2.05) is 22.7 Å². The maximum absolute atomic E-state index is 7.22. The molecule has 4 aliphatic heterocycles. The van der Waals surface area contributed by atoms with E-state index in [9.17, 15) is 0 Å². The van der Waals surface area contributed by atoms with Gasteiger partial charge in [-0.3, -0.25) is 0 Å². The Bertz CT molecular complexity index is 4800. The van der Waals surface area contributed by atoms with Crippen LogP contribution in [-0.2, 0) is 0 Å². The molecule has 0 radical (unpaired) electrons. The summed E-state index contributed by atoms with van der Waals surface area (Å²) in [5.41, 5.74) is 14.5. The Labute approximate surface area is 436 Å². The topological polar surface area (TPSA) is 38.1 Å². The minimum atomic E-state index is -0.209. The minimum absolute atomic E-state index is 0.0293. The molecule has 0 N–H and O–H groups in total. The van der Waals surface area contributed by atoms with Crippen LogP contribution in [0.3, 0.4) is 0 Å². The Balaban J connectivity index is 0.809. The van der Waals surface area contributed by atoms with Crippen molar-refractivity contribution in [1.82, 2.24) is 0 Å². The molecule has 18 rings (SSSR count). The van der Waals surface area contributed by atoms with Gasteiger partial charge in [0, 0.05) is 106 Å². The van der Waals surface area contributed by atoms with Crippen molar-refractivity contribution in [3.05, 3.63) is 206 Å². The van der Waals surface area contributed by atoms with Gasteiger partial charge in [-0.15, -0.1) is 34.0 Å². The van der Waals surface area contributed by atoms with Crippen LogP contribution in [-0.4, -0.2) is 13.4 Å². The molecule has 8 heterocycles. The summed E-state index contributed by atoms with van der Waals surface area (Å²) in [4.78, 5) is 4.83. The first kappa shape index (κ1) is 40.0. The lowest BCUT2D eigenvalue weighted by molar-refractivity contribution is 0.487. The molecule has 74 heavy (non-hydrogen) atoms. The Hall–Kier alpha value is -8.53. The molecular weight excluding hydrogens is 963 g/mol. The fourth-order valence-corrected chi connectivity index (χ4v) is 16.2. The van der Waals surface area contributed by atoms with Crippen LogP contribution in [0.25, 0.3) is 71.8 Å². The molecule has 0 saturated carbocycles. The van der Waals surface area contributed by atoms with Crippen molar-refractivity contribution in [1.29, 1.82) is 0 Å². The Kier molecular flexibility index (Phi) is 7.88. The number of benzene rings is 10. The minimum Gasteiger partial charge on any atom is -0.468 e. The van der Waals surface area contributed by atoms with Gasteiger partial charge in [-0.25, -0.2) is 0 Å². The number of rotatable bonds is 3. The lowest BCUT2D eigenvalue weighted by atomic mass is 9.34. The number of anilines is 6. The number of nitrogens with zero attached hydrogens (tertiary/aromatic N) is 2. The quantitative estimate of drug-likeness (QED) is 0.165. The standard InChI is InChI=1S/C64H34B2N2O3S3/c1-2-12-35(13-3-1)53-32-50-64(71-53)66-46-31-43-42-30-45-54(69-51-20-10-18-48-62(51)65(45)44-16-6-7-17-47(44)67(48)36-24-26-40-38-14-4-8-22-56(38)72-58(40)28-36)33-60(42)74-61(43)34-55(46)70-52-21-11-19-49(63(52)66)68(50)37-25-27-41-39-15-5-9-23-57(39)73-59(41)29-37/h1-34H. The summed E-state index contributed by atoms with van der Waals surface area (Å²) in [6.45, 7) is -0.238. The molecule has 0 aliphatic carbocycles. The van der Waals surface area contributed by atoms with Crippen molar-refractivity contribution in [2.75, 3.05) is 9.80 Å².